The van der Waals surface area contributed by atoms with E-state index in [-0.39, 0.29) is 28.5 Å². The Hall–Kier alpha value is -0.900. The number of nitrogens with zero attached hydrogens (tertiary/aromatic N) is 1. The summed E-state index contributed by atoms with van der Waals surface area (Å²) in [7, 11) is 0. The summed E-state index contributed by atoms with van der Waals surface area (Å²) in [5.41, 5.74) is 0.944. The molecule has 0 saturated carbocycles. The molecule has 19 heavy (non-hydrogen) atoms. The summed E-state index contributed by atoms with van der Waals surface area (Å²) in [4.78, 5) is 14.0. The van der Waals surface area contributed by atoms with E-state index in [1.807, 2.05) is 32.6 Å². The highest BCUT2D eigenvalue weighted by molar-refractivity contribution is 9.10. The van der Waals surface area contributed by atoms with Crippen LogP contribution in [0.1, 0.15) is 39.3 Å². The van der Waals surface area contributed by atoms with Crippen LogP contribution >= 0.6 is 15.9 Å². The number of benzene rings is 1. The summed E-state index contributed by atoms with van der Waals surface area (Å²) in [6.07, 6.45) is 0. The van der Waals surface area contributed by atoms with Crippen molar-refractivity contribution in [1.29, 1.82) is 0 Å². The predicted molar refractivity (Wildman–Crippen MR) is 79.8 cm³/mol. The van der Waals surface area contributed by atoms with Gasteiger partial charge in [0.25, 0.3) is 0 Å². The molecule has 0 bridgehead atoms. The van der Waals surface area contributed by atoms with Gasteiger partial charge < -0.3 is 4.90 Å². The number of rotatable bonds is 5. The fraction of sp³-hybridized carbons (Fsp3) is 0.533. The summed E-state index contributed by atoms with van der Waals surface area (Å²) >= 11 is 3.45. The van der Waals surface area contributed by atoms with Crippen LogP contribution in [0.15, 0.2) is 24.3 Å². The third-order valence-electron chi connectivity index (χ3n) is 3.26. The standard InChI is InChI=1S/C15H21BrFNO/c1-5-18(15(19)14(16)10(2)3)11(4)12-6-8-13(17)9-7-12/h6-11,14H,5H2,1-4H3. The highest BCUT2D eigenvalue weighted by atomic mass is 79.9. The molecule has 1 aromatic rings. The van der Waals surface area contributed by atoms with Gasteiger partial charge in [0.1, 0.15) is 5.82 Å². The number of carbonyl (C=O) groups is 1. The maximum Gasteiger partial charge on any atom is 0.237 e. The first-order valence-corrected chi connectivity index (χ1v) is 7.50. The largest absolute Gasteiger partial charge is 0.335 e. The van der Waals surface area contributed by atoms with E-state index in [2.05, 4.69) is 15.9 Å². The first kappa shape index (κ1) is 16.2. The van der Waals surface area contributed by atoms with Gasteiger partial charge in [-0.05, 0) is 37.5 Å². The Morgan fingerprint density at radius 2 is 1.79 bits per heavy atom. The van der Waals surface area contributed by atoms with E-state index in [0.717, 1.165) is 5.56 Å². The number of hydrogen-bond donors (Lipinski definition) is 0. The zero-order valence-electron chi connectivity index (χ0n) is 11.9. The maximum atomic E-state index is 12.9. The average Bonchev–Trinajstić information content (AvgIpc) is 2.38. The molecule has 2 unspecified atom stereocenters. The predicted octanol–water partition coefficient (Wildman–Crippen LogP) is 4.15. The van der Waals surface area contributed by atoms with Crippen molar-refractivity contribution in [3.05, 3.63) is 35.6 Å². The van der Waals surface area contributed by atoms with Crippen LogP contribution in [0.5, 0.6) is 0 Å². The van der Waals surface area contributed by atoms with Crippen molar-refractivity contribution in [3.8, 4) is 0 Å². The zero-order valence-corrected chi connectivity index (χ0v) is 13.4. The summed E-state index contributed by atoms with van der Waals surface area (Å²) in [5.74, 6) is 0.0576. The third kappa shape index (κ3) is 4.03. The van der Waals surface area contributed by atoms with Crippen LogP contribution in [0, 0.1) is 11.7 Å². The molecule has 106 valence electrons. The average molecular weight is 330 g/mol. The Morgan fingerprint density at radius 1 is 1.26 bits per heavy atom. The van der Waals surface area contributed by atoms with Gasteiger partial charge in [-0.3, -0.25) is 4.79 Å². The van der Waals surface area contributed by atoms with Crippen LogP contribution < -0.4 is 0 Å². The molecule has 0 aliphatic heterocycles. The number of amides is 1. The highest BCUT2D eigenvalue weighted by Gasteiger charge is 2.27. The number of hydrogen-bond acceptors (Lipinski definition) is 1. The molecule has 1 aromatic carbocycles. The number of carbonyl (C=O) groups excluding carboxylic acids is 1. The summed E-state index contributed by atoms with van der Waals surface area (Å²) in [5, 5.41) is 0. The molecule has 4 heteroatoms. The van der Waals surface area contributed by atoms with Crippen LogP contribution in [0.25, 0.3) is 0 Å². The van der Waals surface area contributed by atoms with Crippen LogP contribution in [0.2, 0.25) is 0 Å². The number of alkyl halides is 1. The Labute approximate surface area is 123 Å². The van der Waals surface area contributed by atoms with E-state index < -0.39 is 0 Å². The molecule has 0 aliphatic carbocycles. The molecule has 0 saturated heterocycles. The zero-order chi connectivity index (χ0) is 14.6. The van der Waals surface area contributed by atoms with E-state index >= 15 is 0 Å². The molecule has 2 atom stereocenters. The normalized spacial score (nSPS) is 14.3. The molecule has 0 aromatic heterocycles. The highest BCUT2D eigenvalue weighted by Crippen LogP contribution is 2.24. The van der Waals surface area contributed by atoms with Crippen molar-refractivity contribution in [3.63, 3.8) is 0 Å². The van der Waals surface area contributed by atoms with E-state index in [9.17, 15) is 9.18 Å². The van der Waals surface area contributed by atoms with Gasteiger partial charge in [-0.2, -0.15) is 0 Å². The lowest BCUT2D eigenvalue weighted by Crippen LogP contribution is -2.40. The Morgan fingerprint density at radius 3 is 2.21 bits per heavy atom. The molecule has 0 N–H and O–H groups in total. The maximum absolute atomic E-state index is 12.9. The molecule has 0 spiro atoms. The van der Waals surface area contributed by atoms with Crippen LogP contribution in [-0.2, 0) is 4.79 Å². The minimum atomic E-state index is -0.258. The van der Waals surface area contributed by atoms with Crippen LogP contribution in [0.4, 0.5) is 4.39 Å². The molecule has 2 nitrogen and oxygen atoms in total. The lowest BCUT2D eigenvalue weighted by molar-refractivity contribution is -0.133. The van der Waals surface area contributed by atoms with Gasteiger partial charge in [-0.15, -0.1) is 0 Å². The van der Waals surface area contributed by atoms with Crippen LogP contribution in [0.3, 0.4) is 0 Å². The van der Waals surface area contributed by atoms with Crippen molar-refractivity contribution in [2.45, 2.75) is 38.6 Å². The lowest BCUT2D eigenvalue weighted by atomic mass is 10.0. The molecular weight excluding hydrogens is 309 g/mol. The van der Waals surface area contributed by atoms with Crippen LogP contribution in [-0.4, -0.2) is 22.2 Å². The van der Waals surface area contributed by atoms with Crippen molar-refractivity contribution in [1.82, 2.24) is 4.90 Å². The Bertz CT molecular complexity index is 419. The number of halogens is 2. The van der Waals surface area contributed by atoms with Crippen molar-refractivity contribution in [2.24, 2.45) is 5.92 Å². The summed E-state index contributed by atoms with van der Waals surface area (Å²) in [6.45, 7) is 8.57. The van der Waals surface area contributed by atoms with Crippen molar-refractivity contribution < 1.29 is 9.18 Å². The van der Waals surface area contributed by atoms with E-state index in [1.165, 1.54) is 12.1 Å². The fourth-order valence-corrected chi connectivity index (χ4v) is 2.25. The second-order valence-corrected chi connectivity index (χ2v) is 5.98. The van der Waals surface area contributed by atoms with Gasteiger partial charge in [0.05, 0.1) is 10.9 Å². The smallest absolute Gasteiger partial charge is 0.237 e. The molecule has 0 aliphatic rings. The summed E-state index contributed by atoms with van der Waals surface area (Å²) < 4.78 is 12.9. The van der Waals surface area contributed by atoms with Gasteiger partial charge in [0.15, 0.2) is 0 Å². The van der Waals surface area contributed by atoms with E-state index in [4.69, 9.17) is 0 Å². The second kappa shape index (κ2) is 7.04. The first-order valence-electron chi connectivity index (χ1n) is 6.58. The van der Waals surface area contributed by atoms with Gasteiger partial charge in [0, 0.05) is 6.54 Å². The minimum Gasteiger partial charge on any atom is -0.335 e. The lowest BCUT2D eigenvalue weighted by Gasteiger charge is -2.31. The molecule has 0 heterocycles. The topological polar surface area (TPSA) is 20.3 Å². The van der Waals surface area contributed by atoms with E-state index in [1.54, 1.807) is 12.1 Å². The van der Waals surface area contributed by atoms with Crippen molar-refractivity contribution >= 4 is 21.8 Å². The SMILES string of the molecule is CCN(C(=O)C(Br)C(C)C)C(C)c1ccc(F)cc1. The minimum absolute atomic E-state index is 0.0584. The van der Waals surface area contributed by atoms with Gasteiger partial charge >= 0.3 is 0 Å². The van der Waals surface area contributed by atoms with Gasteiger partial charge in [-0.1, -0.05) is 41.9 Å². The Balaban J connectivity index is 2.90. The summed E-state index contributed by atoms with van der Waals surface area (Å²) in [6, 6.07) is 6.26. The third-order valence-corrected chi connectivity index (χ3v) is 4.71. The first-order chi connectivity index (χ1) is 8.88. The molecule has 0 fully saturated rings. The fourth-order valence-electron chi connectivity index (χ4n) is 1.99. The van der Waals surface area contributed by atoms with Gasteiger partial charge in [0.2, 0.25) is 5.91 Å². The molecular formula is C15H21BrFNO. The van der Waals surface area contributed by atoms with Crippen molar-refractivity contribution in [2.75, 3.05) is 6.54 Å². The molecule has 0 radical (unpaired) electrons. The second-order valence-electron chi connectivity index (χ2n) is 5.00. The Kier molecular flexibility index (Phi) is 5.98. The van der Waals surface area contributed by atoms with Gasteiger partial charge in [-0.25, -0.2) is 4.39 Å². The molecule has 1 rings (SSSR count). The quantitative estimate of drug-likeness (QED) is 0.743. The van der Waals surface area contributed by atoms with E-state index in [0.29, 0.717) is 6.54 Å². The molecule has 1 amide bonds. The monoisotopic (exact) mass is 329 g/mol.